The van der Waals surface area contributed by atoms with Crippen molar-refractivity contribution in [3.63, 3.8) is 0 Å². The van der Waals surface area contributed by atoms with Crippen LogP contribution in [0, 0.1) is 17.6 Å². The summed E-state index contributed by atoms with van der Waals surface area (Å²) in [6.07, 6.45) is 1.29. The molecule has 1 aliphatic rings. The van der Waals surface area contributed by atoms with Gasteiger partial charge in [-0.25, -0.2) is 13.8 Å². The molecule has 2 atom stereocenters. The second-order valence-corrected chi connectivity index (χ2v) is 8.83. The Hall–Kier alpha value is -2.81. The monoisotopic (exact) mass is 447 g/mol. The number of carbonyl (C=O) groups is 2. The number of nitrogens with zero attached hydrogens (tertiary/aromatic N) is 3. The third-order valence-corrected chi connectivity index (χ3v) is 5.96. The first-order valence-electron chi connectivity index (χ1n) is 10.9. The van der Waals surface area contributed by atoms with Crippen molar-refractivity contribution in [1.29, 1.82) is 0 Å². The first-order valence-corrected chi connectivity index (χ1v) is 10.9. The standard InChI is InChI=1S/C23H31F2N5O2/c1-13(2)10-18(22(31)26-4)27-23(32)20-19-12-29(5)14(3)8-9-30(19)21(28-20)15-6-7-16(24)17(25)11-15/h6-7,11,13-14,18H,8-10,12H2,1-5H3,(H,26,31)(H,27,32)/t14?,18-/m0/s1. The van der Waals surface area contributed by atoms with Crippen LogP contribution in [0.1, 0.15) is 49.8 Å². The van der Waals surface area contributed by atoms with E-state index in [0.29, 0.717) is 36.6 Å². The van der Waals surface area contributed by atoms with E-state index in [1.54, 1.807) is 0 Å². The highest BCUT2D eigenvalue weighted by Gasteiger charge is 2.30. The number of imidazole rings is 1. The summed E-state index contributed by atoms with van der Waals surface area (Å²) in [5.74, 6) is -2.04. The van der Waals surface area contributed by atoms with Gasteiger partial charge in [0.2, 0.25) is 5.91 Å². The smallest absolute Gasteiger partial charge is 0.272 e. The topological polar surface area (TPSA) is 79.3 Å². The number of hydrogen-bond acceptors (Lipinski definition) is 4. The van der Waals surface area contributed by atoms with Gasteiger partial charge in [0.25, 0.3) is 5.91 Å². The van der Waals surface area contributed by atoms with Gasteiger partial charge in [-0.3, -0.25) is 14.5 Å². The largest absolute Gasteiger partial charge is 0.357 e. The Bertz CT molecular complexity index is 1000. The zero-order valence-electron chi connectivity index (χ0n) is 19.2. The van der Waals surface area contributed by atoms with Crippen molar-refractivity contribution in [2.45, 2.75) is 58.8 Å². The molecule has 0 aliphatic carbocycles. The van der Waals surface area contributed by atoms with Crippen LogP contribution in [0.3, 0.4) is 0 Å². The molecule has 1 unspecified atom stereocenters. The number of fused-ring (bicyclic) bond motifs is 1. The summed E-state index contributed by atoms with van der Waals surface area (Å²) >= 11 is 0. The fourth-order valence-electron chi connectivity index (χ4n) is 3.96. The minimum atomic E-state index is -0.971. The zero-order chi connectivity index (χ0) is 23.6. The van der Waals surface area contributed by atoms with E-state index in [9.17, 15) is 18.4 Å². The molecule has 0 fully saturated rings. The normalized spacial score (nSPS) is 17.6. The molecule has 32 heavy (non-hydrogen) atoms. The number of rotatable bonds is 6. The van der Waals surface area contributed by atoms with Crippen LogP contribution in [0.2, 0.25) is 0 Å². The number of benzene rings is 1. The van der Waals surface area contributed by atoms with E-state index in [1.807, 2.05) is 25.5 Å². The fraction of sp³-hybridized carbons (Fsp3) is 0.522. The average Bonchev–Trinajstić information content (AvgIpc) is 3.03. The van der Waals surface area contributed by atoms with Crippen LogP contribution in [-0.4, -0.2) is 52.4 Å². The van der Waals surface area contributed by atoms with Gasteiger partial charge in [0, 0.05) is 31.7 Å². The summed E-state index contributed by atoms with van der Waals surface area (Å²) in [5, 5.41) is 5.41. The van der Waals surface area contributed by atoms with Crippen LogP contribution in [0.15, 0.2) is 18.2 Å². The highest BCUT2D eigenvalue weighted by atomic mass is 19.2. The molecule has 2 heterocycles. The van der Waals surface area contributed by atoms with Gasteiger partial charge in [-0.2, -0.15) is 0 Å². The quantitative estimate of drug-likeness (QED) is 0.714. The lowest BCUT2D eigenvalue weighted by Crippen LogP contribution is -2.46. The lowest BCUT2D eigenvalue weighted by Gasteiger charge is -2.21. The summed E-state index contributed by atoms with van der Waals surface area (Å²) in [5.41, 5.74) is 1.28. The Morgan fingerprint density at radius 2 is 1.97 bits per heavy atom. The molecule has 1 aromatic heterocycles. The van der Waals surface area contributed by atoms with Crippen molar-refractivity contribution in [1.82, 2.24) is 25.1 Å². The molecule has 0 saturated carbocycles. The van der Waals surface area contributed by atoms with Crippen molar-refractivity contribution in [2.24, 2.45) is 5.92 Å². The van der Waals surface area contributed by atoms with Crippen LogP contribution >= 0.6 is 0 Å². The van der Waals surface area contributed by atoms with Gasteiger partial charge in [0.05, 0.1) is 5.69 Å². The Morgan fingerprint density at radius 1 is 1.25 bits per heavy atom. The molecule has 174 valence electrons. The Morgan fingerprint density at radius 3 is 2.59 bits per heavy atom. The molecular formula is C23H31F2N5O2. The molecule has 7 nitrogen and oxygen atoms in total. The summed E-state index contributed by atoms with van der Waals surface area (Å²) in [4.78, 5) is 32.3. The summed E-state index contributed by atoms with van der Waals surface area (Å²) < 4.78 is 29.3. The van der Waals surface area contributed by atoms with Crippen LogP contribution in [0.5, 0.6) is 0 Å². The lowest BCUT2D eigenvalue weighted by atomic mass is 10.0. The van der Waals surface area contributed by atoms with E-state index in [0.717, 1.165) is 18.6 Å². The first kappa shape index (κ1) is 23.8. The summed E-state index contributed by atoms with van der Waals surface area (Å²) in [7, 11) is 3.50. The highest BCUT2D eigenvalue weighted by molar-refractivity contribution is 5.97. The number of halogens is 2. The van der Waals surface area contributed by atoms with Crippen LogP contribution in [0.4, 0.5) is 8.78 Å². The van der Waals surface area contributed by atoms with Gasteiger partial charge < -0.3 is 15.2 Å². The summed E-state index contributed by atoms with van der Waals surface area (Å²) in [6, 6.07) is 3.18. The number of nitrogens with one attached hydrogen (secondary N) is 2. The van der Waals surface area contributed by atoms with E-state index in [2.05, 4.69) is 27.4 Å². The first-order chi connectivity index (χ1) is 15.1. The number of amides is 2. The van der Waals surface area contributed by atoms with Gasteiger partial charge in [0.1, 0.15) is 11.9 Å². The maximum atomic E-state index is 13.9. The third kappa shape index (κ3) is 4.98. The molecule has 0 spiro atoms. The number of likely N-dealkylation sites (N-methyl/N-ethyl adjacent to an activating group) is 1. The number of hydrogen-bond donors (Lipinski definition) is 2. The minimum Gasteiger partial charge on any atom is -0.357 e. The molecule has 1 aromatic carbocycles. The van der Waals surface area contributed by atoms with Gasteiger partial charge in [0.15, 0.2) is 17.3 Å². The molecule has 2 N–H and O–H groups in total. The van der Waals surface area contributed by atoms with Gasteiger partial charge in [-0.15, -0.1) is 0 Å². The predicted octanol–water partition coefficient (Wildman–Crippen LogP) is 2.94. The molecule has 9 heteroatoms. The lowest BCUT2D eigenvalue weighted by molar-refractivity contribution is -0.122. The summed E-state index contributed by atoms with van der Waals surface area (Å²) in [6.45, 7) is 7.10. The van der Waals surface area contributed by atoms with E-state index < -0.39 is 23.6 Å². The van der Waals surface area contributed by atoms with Crippen LogP contribution < -0.4 is 10.6 Å². The van der Waals surface area contributed by atoms with Gasteiger partial charge in [-0.1, -0.05) is 13.8 Å². The van der Waals surface area contributed by atoms with Crippen molar-refractivity contribution >= 4 is 11.8 Å². The Kier molecular flexibility index (Phi) is 7.28. The molecule has 0 radical (unpaired) electrons. The molecule has 0 bridgehead atoms. The SMILES string of the molecule is CNC(=O)[C@H](CC(C)C)NC(=O)c1nc(-c2ccc(F)c(F)c2)n2c1CN(C)C(C)CC2. The Labute approximate surface area is 187 Å². The maximum Gasteiger partial charge on any atom is 0.272 e. The van der Waals surface area contributed by atoms with Crippen LogP contribution in [-0.2, 0) is 17.9 Å². The molecule has 0 saturated heterocycles. The average molecular weight is 448 g/mol. The van der Waals surface area contributed by atoms with Crippen molar-refractivity contribution in [3.8, 4) is 11.4 Å². The van der Waals surface area contributed by atoms with E-state index in [-0.39, 0.29) is 23.6 Å². The van der Waals surface area contributed by atoms with Gasteiger partial charge >= 0.3 is 0 Å². The molecule has 1 aliphatic heterocycles. The van der Waals surface area contributed by atoms with E-state index in [4.69, 9.17) is 0 Å². The van der Waals surface area contributed by atoms with Crippen molar-refractivity contribution in [2.75, 3.05) is 14.1 Å². The zero-order valence-corrected chi connectivity index (χ0v) is 19.2. The molecule has 2 aromatic rings. The molecule has 2 amide bonds. The number of aromatic nitrogens is 2. The van der Waals surface area contributed by atoms with E-state index in [1.165, 1.54) is 13.1 Å². The Balaban J connectivity index is 2.05. The van der Waals surface area contributed by atoms with Gasteiger partial charge in [-0.05, 0) is 50.9 Å². The second kappa shape index (κ2) is 9.77. The third-order valence-electron chi connectivity index (χ3n) is 5.96. The van der Waals surface area contributed by atoms with E-state index >= 15 is 0 Å². The molecule has 3 rings (SSSR count). The maximum absolute atomic E-state index is 13.9. The van der Waals surface area contributed by atoms with Crippen LogP contribution in [0.25, 0.3) is 11.4 Å². The molecular weight excluding hydrogens is 416 g/mol. The number of carbonyl (C=O) groups excluding carboxylic acids is 2. The minimum absolute atomic E-state index is 0.196. The highest BCUT2D eigenvalue weighted by Crippen LogP contribution is 2.28. The predicted molar refractivity (Wildman–Crippen MR) is 118 cm³/mol. The van der Waals surface area contributed by atoms with Crippen molar-refractivity contribution in [3.05, 3.63) is 41.2 Å². The van der Waals surface area contributed by atoms with Crippen molar-refractivity contribution < 1.29 is 18.4 Å². The second-order valence-electron chi connectivity index (χ2n) is 8.83. The fourth-order valence-corrected chi connectivity index (χ4v) is 3.96.